The summed E-state index contributed by atoms with van der Waals surface area (Å²) in [6.45, 7) is 0. The number of aromatic nitrogens is 1. The van der Waals surface area contributed by atoms with Crippen molar-refractivity contribution in [3.8, 4) is 16.8 Å². The second kappa shape index (κ2) is 14.3. The van der Waals surface area contributed by atoms with Crippen LogP contribution in [0.1, 0.15) is 28.7 Å². The van der Waals surface area contributed by atoms with Crippen LogP contribution in [0.2, 0.25) is 0 Å². The van der Waals surface area contributed by atoms with Gasteiger partial charge in [-0.15, -0.1) is 0 Å². The van der Waals surface area contributed by atoms with Gasteiger partial charge in [-0.05, 0) is 122 Å². The fraction of sp³-hybridized carbons (Fsp3) is 0.0357. The molecule has 0 aliphatic heterocycles. The monoisotopic (exact) mass is 740 g/mol. The van der Waals surface area contributed by atoms with Crippen molar-refractivity contribution in [2.45, 2.75) is 12.8 Å². The Balaban J connectivity index is 1.03. The molecule has 2 nitrogen and oxygen atoms in total. The maximum absolute atomic E-state index is 2.39. The summed E-state index contributed by atoms with van der Waals surface area (Å²) < 4.78 is 2.39. The van der Waals surface area contributed by atoms with E-state index in [1.54, 1.807) is 0 Å². The summed E-state index contributed by atoms with van der Waals surface area (Å²) in [6.07, 6.45) is 11.3. The number of hydrogen-bond acceptors (Lipinski definition) is 1. The number of allylic oxidation sites excluding steroid dienone is 1. The highest BCUT2D eigenvalue weighted by molar-refractivity contribution is 6.14. The summed E-state index contributed by atoms with van der Waals surface area (Å²) in [6, 6.07) is 70.7. The van der Waals surface area contributed by atoms with E-state index in [1.807, 2.05) is 0 Å². The molecule has 2 heteroatoms. The smallest absolute Gasteiger partial charge is 0.0561 e. The van der Waals surface area contributed by atoms with Crippen LogP contribution in [0.5, 0.6) is 0 Å². The van der Waals surface area contributed by atoms with Crippen LogP contribution in [0, 0.1) is 0 Å². The average molecular weight is 741 g/mol. The van der Waals surface area contributed by atoms with Gasteiger partial charge in [-0.1, -0.05) is 164 Å². The highest BCUT2D eigenvalue weighted by Crippen LogP contribution is 2.41. The van der Waals surface area contributed by atoms with Crippen LogP contribution in [0.15, 0.2) is 200 Å². The molecule has 1 heterocycles. The molecule has 0 radical (unpaired) electrons. The van der Waals surface area contributed by atoms with Crippen LogP contribution in [0.4, 0.5) is 17.1 Å². The molecule has 1 aliphatic rings. The zero-order valence-electron chi connectivity index (χ0n) is 32.1. The standard InChI is InChI=1S/C56H40N2/c1-3-13-40(14-4-1)45-18-12-21-48(37-45)57(49-35-36-52-51-23-9-10-24-53(51)58(54(52)38-49)46-19-5-2-6-20-46)47-33-26-39(27-34-47)25-28-42-16-11-17-43-31-32-44-30-29-41-15-7-8-22-50(41)56(44)55(42)43/h1-7,9-21,23-38H,8,22H2. The van der Waals surface area contributed by atoms with Gasteiger partial charge >= 0.3 is 0 Å². The largest absolute Gasteiger partial charge is 0.310 e. The van der Waals surface area contributed by atoms with Crippen molar-refractivity contribution in [2.75, 3.05) is 4.90 Å². The lowest BCUT2D eigenvalue weighted by atomic mass is 9.87. The van der Waals surface area contributed by atoms with Gasteiger partial charge in [0.05, 0.1) is 11.0 Å². The Morgan fingerprint density at radius 2 is 1.16 bits per heavy atom. The molecule has 0 bridgehead atoms. The minimum absolute atomic E-state index is 1.08. The molecule has 9 aromatic carbocycles. The lowest BCUT2D eigenvalue weighted by Crippen LogP contribution is -2.10. The number of anilines is 3. The molecule has 0 fully saturated rings. The van der Waals surface area contributed by atoms with Crippen LogP contribution in [0.25, 0.3) is 78.4 Å². The molecule has 11 rings (SSSR count). The van der Waals surface area contributed by atoms with Crippen molar-refractivity contribution in [3.63, 3.8) is 0 Å². The van der Waals surface area contributed by atoms with E-state index in [0.717, 1.165) is 41.2 Å². The number of para-hydroxylation sites is 2. The third-order valence-electron chi connectivity index (χ3n) is 11.8. The zero-order chi connectivity index (χ0) is 38.4. The van der Waals surface area contributed by atoms with E-state index in [2.05, 4.69) is 228 Å². The number of hydrogen-bond donors (Lipinski definition) is 0. The van der Waals surface area contributed by atoms with Crippen LogP contribution in [-0.2, 0) is 6.42 Å². The Labute approximate surface area is 338 Å². The van der Waals surface area contributed by atoms with Crippen LogP contribution < -0.4 is 4.90 Å². The quantitative estimate of drug-likeness (QED) is 0.117. The summed E-state index contributed by atoms with van der Waals surface area (Å²) in [5.41, 5.74) is 14.4. The van der Waals surface area contributed by atoms with Crippen molar-refractivity contribution in [2.24, 2.45) is 0 Å². The second-order valence-electron chi connectivity index (χ2n) is 15.2. The highest BCUT2D eigenvalue weighted by Gasteiger charge is 2.18. The average Bonchev–Trinajstić information content (AvgIpc) is 3.63. The van der Waals surface area contributed by atoms with E-state index in [4.69, 9.17) is 0 Å². The maximum Gasteiger partial charge on any atom is 0.0561 e. The minimum Gasteiger partial charge on any atom is -0.310 e. The molecule has 1 aromatic heterocycles. The van der Waals surface area contributed by atoms with Gasteiger partial charge < -0.3 is 9.47 Å². The van der Waals surface area contributed by atoms with Crippen molar-refractivity contribution in [1.29, 1.82) is 0 Å². The minimum atomic E-state index is 1.08. The van der Waals surface area contributed by atoms with Crippen LogP contribution in [0.3, 0.4) is 0 Å². The summed E-state index contributed by atoms with van der Waals surface area (Å²) in [5, 5.41) is 7.81. The van der Waals surface area contributed by atoms with Crippen molar-refractivity contribution in [3.05, 3.63) is 222 Å². The van der Waals surface area contributed by atoms with Gasteiger partial charge in [0.2, 0.25) is 0 Å². The van der Waals surface area contributed by atoms with Gasteiger partial charge in [-0.3, -0.25) is 0 Å². The van der Waals surface area contributed by atoms with E-state index < -0.39 is 0 Å². The number of aryl methyl sites for hydroxylation is 1. The zero-order valence-corrected chi connectivity index (χ0v) is 32.1. The molecule has 0 saturated carbocycles. The maximum atomic E-state index is 2.39. The number of benzene rings is 9. The summed E-state index contributed by atoms with van der Waals surface area (Å²) in [7, 11) is 0. The summed E-state index contributed by atoms with van der Waals surface area (Å²) in [4.78, 5) is 2.39. The Morgan fingerprint density at radius 1 is 0.466 bits per heavy atom. The summed E-state index contributed by atoms with van der Waals surface area (Å²) in [5.74, 6) is 0. The molecule has 0 saturated heterocycles. The van der Waals surface area contributed by atoms with E-state index in [1.165, 1.54) is 71.2 Å². The van der Waals surface area contributed by atoms with Gasteiger partial charge in [-0.25, -0.2) is 0 Å². The molecule has 0 amide bonds. The van der Waals surface area contributed by atoms with E-state index >= 15 is 0 Å². The Morgan fingerprint density at radius 3 is 2.02 bits per heavy atom. The summed E-state index contributed by atoms with van der Waals surface area (Å²) >= 11 is 0. The molecule has 1 aliphatic carbocycles. The van der Waals surface area contributed by atoms with Gasteiger partial charge in [-0.2, -0.15) is 0 Å². The number of rotatable bonds is 7. The van der Waals surface area contributed by atoms with E-state index in [9.17, 15) is 0 Å². The van der Waals surface area contributed by atoms with Crippen LogP contribution >= 0.6 is 0 Å². The molecular formula is C56H40N2. The van der Waals surface area contributed by atoms with Crippen molar-refractivity contribution < 1.29 is 0 Å². The molecule has 58 heavy (non-hydrogen) atoms. The fourth-order valence-electron chi connectivity index (χ4n) is 9.09. The third-order valence-corrected chi connectivity index (χ3v) is 11.8. The van der Waals surface area contributed by atoms with Crippen molar-refractivity contribution in [1.82, 2.24) is 4.57 Å². The first-order valence-electron chi connectivity index (χ1n) is 20.2. The topological polar surface area (TPSA) is 8.17 Å². The van der Waals surface area contributed by atoms with Gasteiger partial charge in [0.15, 0.2) is 0 Å². The fourth-order valence-corrected chi connectivity index (χ4v) is 9.09. The van der Waals surface area contributed by atoms with Crippen LogP contribution in [-0.4, -0.2) is 4.57 Å². The van der Waals surface area contributed by atoms with E-state index in [-0.39, 0.29) is 0 Å². The van der Waals surface area contributed by atoms with E-state index in [0.29, 0.717) is 0 Å². The van der Waals surface area contributed by atoms with Gasteiger partial charge in [0.25, 0.3) is 0 Å². The van der Waals surface area contributed by atoms with Gasteiger partial charge in [0, 0.05) is 33.5 Å². The predicted molar refractivity (Wildman–Crippen MR) is 249 cm³/mol. The third kappa shape index (κ3) is 5.90. The molecule has 274 valence electrons. The number of nitrogens with zero attached hydrogens (tertiary/aromatic N) is 2. The Kier molecular flexibility index (Phi) is 8.33. The molecular weight excluding hydrogens is 701 g/mol. The molecule has 0 unspecified atom stereocenters. The highest BCUT2D eigenvalue weighted by atomic mass is 15.1. The normalized spacial score (nSPS) is 12.6. The molecule has 0 spiro atoms. The first-order chi connectivity index (χ1) is 28.8. The lowest BCUT2D eigenvalue weighted by Gasteiger charge is -2.26. The second-order valence-corrected chi connectivity index (χ2v) is 15.2. The lowest BCUT2D eigenvalue weighted by molar-refractivity contribution is 0.998. The van der Waals surface area contributed by atoms with Crippen molar-refractivity contribution >= 4 is 78.6 Å². The molecule has 0 N–H and O–H groups in total. The first-order valence-corrected chi connectivity index (χ1v) is 20.2. The molecule has 0 atom stereocenters. The Hall–Kier alpha value is -7.42. The predicted octanol–water partition coefficient (Wildman–Crippen LogP) is 15.4. The van der Waals surface area contributed by atoms with Gasteiger partial charge in [0.1, 0.15) is 0 Å². The molecule has 10 aromatic rings. The number of fused-ring (bicyclic) bond motifs is 8. The Bertz CT molecular complexity index is 3200. The first kappa shape index (κ1) is 33.9. The SMILES string of the molecule is C1=Cc2ccc3ccc4cccc(C=Cc5ccc(N(c6cccc(-c7ccccc7)c6)c6ccc7c8ccccc8n(-c8ccccc8)c7c6)cc5)c4c3c2CC1.